The molecule has 0 spiro atoms. The molecule has 3 N–H and O–H groups in total. The highest BCUT2D eigenvalue weighted by Crippen LogP contribution is 2.11. The number of amidine groups is 1. The van der Waals surface area contributed by atoms with Gasteiger partial charge >= 0.3 is 0 Å². The molecule has 70 valence electrons. The van der Waals surface area contributed by atoms with Gasteiger partial charge in [0.05, 0.1) is 0 Å². The fraction of sp³-hybridized carbons (Fsp3) is 0.364. The molecule has 0 aliphatic heterocycles. The van der Waals surface area contributed by atoms with Crippen LogP contribution in [0.4, 0.5) is 0 Å². The largest absolute Gasteiger partial charge is 0.384 e. The highest BCUT2D eigenvalue weighted by molar-refractivity contribution is 5.96. The number of benzene rings is 1. The predicted octanol–water partition coefficient (Wildman–Crippen LogP) is 2.23. The van der Waals surface area contributed by atoms with E-state index < -0.39 is 0 Å². The van der Waals surface area contributed by atoms with Gasteiger partial charge in [0.2, 0.25) is 0 Å². The Morgan fingerprint density at radius 2 is 2.15 bits per heavy atom. The van der Waals surface area contributed by atoms with Crippen molar-refractivity contribution in [3.63, 3.8) is 0 Å². The fourth-order valence-electron chi connectivity index (χ4n) is 1.40. The van der Waals surface area contributed by atoms with E-state index in [-0.39, 0.29) is 5.84 Å². The van der Waals surface area contributed by atoms with Gasteiger partial charge in [-0.25, -0.2) is 0 Å². The molecule has 0 amide bonds. The molecule has 0 radical (unpaired) electrons. The minimum Gasteiger partial charge on any atom is -0.384 e. The molecule has 1 aromatic carbocycles. The van der Waals surface area contributed by atoms with Gasteiger partial charge < -0.3 is 5.73 Å². The van der Waals surface area contributed by atoms with Crippen molar-refractivity contribution in [1.29, 1.82) is 5.41 Å². The van der Waals surface area contributed by atoms with Crippen molar-refractivity contribution in [2.75, 3.05) is 0 Å². The number of nitrogens with two attached hydrogens (primary N) is 1. The van der Waals surface area contributed by atoms with Crippen LogP contribution in [0.2, 0.25) is 0 Å². The fourth-order valence-corrected chi connectivity index (χ4v) is 1.40. The van der Waals surface area contributed by atoms with Crippen LogP contribution in [-0.2, 0) is 6.42 Å². The first-order valence-electron chi connectivity index (χ1n) is 4.59. The predicted molar refractivity (Wildman–Crippen MR) is 56.2 cm³/mol. The number of nitrogen functional groups attached to an aromatic ring is 1. The molecule has 2 heteroatoms. The molecule has 2 nitrogen and oxygen atoms in total. The maximum absolute atomic E-state index is 7.38. The Hall–Kier alpha value is -1.31. The third-order valence-electron chi connectivity index (χ3n) is 2.13. The van der Waals surface area contributed by atoms with Crippen LogP contribution >= 0.6 is 0 Å². The first kappa shape index (κ1) is 9.78. The van der Waals surface area contributed by atoms with Crippen molar-refractivity contribution in [1.82, 2.24) is 0 Å². The molecule has 1 rings (SSSR count). The molecule has 0 bridgehead atoms. The molecule has 0 saturated heterocycles. The van der Waals surface area contributed by atoms with E-state index in [2.05, 4.69) is 13.0 Å². The summed E-state index contributed by atoms with van der Waals surface area (Å²) in [6.07, 6.45) is 2.18. The Kier molecular flexibility index (Phi) is 3.07. The standard InChI is InChI=1S/C11H16N2/c1-3-4-9-6-5-8(2)10(7-9)11(12)13/h5-7H,3-4H2,1-2H3,(H3,12,13). The average Bonchev–Trinajstić information content (AvgIpc) is 2.08. The normalized spacial score (nSPS) is 10.0. The smallest absolute Gasteiger partial charge is 0.123 e. The lowest BCUT2D eigenvalue weighted by molar-refractivity contribution is 0.920. The van der Waals surface area contributed by atoms with Crippen molar-refractivity contribution >= 4 is 5.84 Å². The number of hydrogen-bond donors (Lipinski definition) is 2. The van der Waals surface area contributed by atoms with Gasteiger partial charge in [-0.15, -0.1) is 0 Å². The van der Waals surface area contributed by atoms with E-state index >= 15 is 0 Å². The number of nitrogens with one attached hydrogen (secondary N) is 1. The summed E-state index contributed by atoms with van der Waals surface area (Å²) in [5, 5.41) is 7.38. The Balaban J connectivity index is 3.04. The van der Waals surface area contributed by atoms with Gasteiger partial charge in [-0.3, -0.25) is 5.41 Å². The molecule has 0 aliphatic rings. The second-order valence-corrected chi connectivity index (χ2v) is 3.31. The summed E-state index contributed by atoms with van der Waals surface area (Å²) >= 11 is 0. The van der Waals surface area contributed by atoms with Crippen LogP contribution in [0.25, 0.3) is 0 Å². The molecule has 13 heavy (non-hydrogen) atoms. The first-order chi connectivity index (χ1) is 6.15. The second-order valence-electron chi connectivity index (χ2n) is 3.31. The highest BCUT2D eigenvalue weighted by atomic mass is 14.7. The van der Waals surface area contributed by atoms with E-state index in [1.165, 1.54) is 5.56 Å². The van der Waals surface area contributed by atoms with Gasteiger partial charge in [0.15, 0.2) is 0 Å². The summed E-state index contributed by atoms with van der Waals surface area (Å²) in [7, 11) is 0. The monoisotopic (exact) mass is 176 g/mol. The highest BCUT2D eigenvalue weighted by Gasteiger charge is 2.02. The van der Waals surface area contributed by atoms with Gasteiger partial charge in [-0.05, 0) is 30.5 Å². The molecule has 0 unspecified atom stereocenters. The summed E-state index contributed by atoms with van der Waals surface area (Å²) in [6.45, 7) is 4.12. The summed E-state index contributed by atoms with van der Waals surface area (Å²) in [6, 6.07) is 6.15. The van der Waals surface area contributed by atoms with Crippen LogP contribution in [0.15, 0.2) is 18.2 Å². The van der Waals surface area contributed by atoms with Crippen LogP contribution in [0.1, 0.15) is 30.0 Å². The van der Waals surface area contributed by atoms with Crippen LogP contribution in [-0.4, -0.2) is 5.84 Å². The minimum atomic E-state index is 0.162. The zero-order valence-electron chi connectivity index (χ0n) is 8.22. The molecule has 0 atom stereocenters. The van der Waals surface area contributed by atoms with E-state index in [1.807, 2.05) is 19.1 Å². The maximum Gasteiger partial charge on any atom is 0.123 e. The quantitative estimate of drug-likeness (QED) is 0.538. The SMILES string of the molecule is CCCc1ccc(C)c(C(=N)N)c1. The zero-order chi connectivity index (χ0) is 9.84. The van der Waals surface area contributed by atoms with Gasteiger partial charge in [0, 0.05) is 5.56 Å². The third kappa shape index (κ3) is 2.31. The molecule has 0 heterocycles. The molecule has 0 saturated carbocycles. The van der Waals surface area contributed by atoms with Gasteiger partial charge in [0.25, 0.3) is 0 Å². The van der Waals surface area contributed by atoms with E-state index in [0.717, 1.165) is 24.0 Å². The van der Waals surface area contributed by atoms with Crippen molar-refractivity contribution in [2.45, 2.75) is 26.7 Å². The first-order valence-corrected chi connectivity index (χ1v) is 4.59. The van der Waals surface area contributed by atoms with Crippen molar-refractivity contribution < 1.29 is 0 Å². The molecule has 0 aromatic heterocycles. The number of aryl methyl sites for hydroxylation is 2. The van der Waals surface area contributed by atoms with E-state index in [4.69, 9.17) is 11.1 Å². The molecular weight excluding hydrogens is 160 g/mol. The molecule has 0 aliphatic carbocycles. The van der Waals surface area contributed by atoms with Crippen molar-refractivity contribution in [3.05, 3.63) is 34.9 Å². The molecule has 0 fully saturated rings. The van der Waals surface area contributed by atoms with Crippen LogP contribution in [0.3, 0.4) is 0 Å². The lowest BCUT2D eigenvalue weighted by Crippen LogP contribution is -2.13. The summed E-state index contributed by atoms with van der Waals surface area (Å²) < 4.78 is 0. The Labute approximate surface area is 79.3 Å². The molecular formula is C11H16N2. The lowest BCUT2D eigenvalue weighted by atomic mass is 10.0. The maximum atomic E-state index is 7.38. The zero-order valence-corrected chi connectivity index (χ0v) is 8.22. The summed E-state index contributed by atoms with van der Waals surface area (Å²) in [5.74, 6) is 0.162. The summed E-state index contributed by atoms with van der Waals surface area (Å²) in [4.78, 5) is 0. The Morgan fingerprint density at radius 3 is 2.69 bits per heavy atom. The van der Waals surface area contributed by atoms with Crippen molar-refractivity contribution in [2.24, 2.45) is 5.73 Å². The summed E-state index contributed by atoms with van der Waals surface area (Å²) in [5.41, 5.74) is 8.67. The second kappa shape index (κ2) is 4.08. The van der Waals surface area contributed by atoms with Gasteiger partial charge in [-0.2, -0.15) is 0 Å². The van der Waals surface area contributed by atoms with Crippen LogP contribution in [0.5, 0.6) is 0 Å². The minimum absolute atomic E-state index is 0.162. The van der Waals surface area contributed by atoms with Crippen LogP contribution in [0, 0.1) is 12.3 Å². The van der Waals surface area contributed by atoms with E-state index in [9.17, 15) is 0 Å². The van der Waals surface area contributed by atoms with E-state index in [1.54, 1.807) is 0 Å². The Morgan fingerprint density at radius 1 is 1.46 bits per heavy atom. The number of hydrogen-bond acceptors (Lipinski definition) is 1. The van der Waals surface area contributed by atoms with Crippen molar-refractivity contribution in [3.8, 4) is 0 Å². The Bertz CT molecular complexity index is 316. The lowest BCUT2D eigenvalue weighted by Gasteiger charge is -2.06. The topological polar surface area (TPSA) is 49.9 Å². The number of rotatable bonds is 3. The van der Waals surface area contributed by atoms with Gasteiger partial charge in [-0.1, -0.05) is 25.5 Å². The van der Waals surface area contributed by atoms with Gasteiger partial charge in [0.1, 0.15) is 5.84 Å². The average molecular weight is 176 g/mol. The molecule has 1 aromatic rings. The third-order valence-corrected chi connectivity index (χ3v) is 2.13. The van der Waals surface area contributed by atoms with E-state index in [0.29, 0.717) is 0 Å². The van der Waals surface area contributed by atoms with Crippen LogP contribution < -0.4 is 5.73 Å².